The average Bonchev–Trinajstić information content (AvgIpc) is 2.83. The highest BCUT2D eigenvalue weighted by atomic mass is 35.5. The summed E-state index contributed by atoms with van der Waals surface area (Å²) in [6, 6.07) is 19.2. The molecule has 1 atom stereocenters. The van der Waals surface area contributed by atoms with Crippen LogP contribution >= 0.6 is 23.4 Å². The van der Waals surface area contributed by atoms with Crippen molar-refractivity contribution in [1.82, 2.24) is 14.9 Å². The number of methoxy groups -OCH3 is 1. The Labute approximate surface area is 207 Å². The van der Waals surface area contributed by atoms with E-state index in [1.165, 1.54) is 11.8 Å². The zero-order chi connectivity index (χ0) is 24.1. The van der Waals surface area contributed by atoms with Gasteiger partial charge in [-0.3, -0.25) is 14.2 Å². The molecule has 0 aliphatic heterocycles. The van der Waals surface area contributed by atoms with Crippen LogP contribution in [-0.4, -0.2) is 34.9 Å². The molecule has 8 heteroatoms. The highest BCUT2D eigenvalue weighted by Crippen LogP contribution is 2.23. The number of carbonyl (C=O) groups is 1. The monoisotopic (exact) mass is 495 g/mol. The normalized spacial score (nSPS) is 12.2. The third-order valence-corrected chi connectivity index (χ3v) is 6.81. The van der Waals surface area contributed by atoms with E-state index in [-0.39, 0.29) is 23.3 Å². The summed E-state index contributed by atoms with van der Waals surface area (Å²) >= 11 is 7.35. The summed E-state index contributed by atoms with van der Waals surface area (Å²) in [6.07, 6.45) is 0.663. The lowest BCUT2D eigenvalue weighted by Gasteiger charge is -2.16. The molecule has 1 heterocycles. The number of aromatic nitrogens is 2. The molecule has 4 rings (SSSR count). The molecule has 0 saturated heterocycles. The van der Waals surface area contributed by atoms with Crippen molar-refractivity contribution < 1.29 is 9.53 Å². The quantitative estimate of drug-likeness (QED) is 0.196. The molecule has 0 aliphatic carbocycles. The Kier molecular flexibility index (Phi) is 7.88. The van der Waals surface area contributed by atoms with Gasteiger partial charge in [-0.15, -0.1) is 0 Å². The van der Waals surface area contributed by atoms with Gasteiger partial charge in [0.25, 0.3) is 5.56 Å². The lowest BCUT2D eigenvalue weighted by molar-refractivity contribution is -0.119. The van der Waals surface area contributed by atoms with Crippen LogP contribution in [0.4, 0.5) is 0 Å². The Hall–Kier alpha value is -2.87. The van der Waals surface area contributed by atoms with E-state index in [9.17, 15) is 9.59 Å². The highest BCUT2D eigenvalue weighted by Gasteiger charge is 2.15. The number of carbonyl (C=O) groups excluding carboxylic acids is 1. The maximum atomic E-state index is 13.1. The second-order valence-electron chi connectivity index (χ2n) is 8.04. The second-order valence-corrected chi connectivity index (χ2v) is 9.42. The van der Waals surface area contributed by atoms with Gasteiger partial charge in [-0.05, 0) is 53.9 Å². The molecule has 1 amide bonds. The van der Waals surface area contributed by atoms with Crippen LogP contribution in [0.5, 0.6) is 0 Å². The number of thioether (sulfide) groups is 1. The maximum Gasteiger partial charge on any atom is 0.262 e. The SMILES string of the molecule is COCCCn1c(SCC(=O)NC(C)c2ccc3ccccc3c2)nc2cc(Cl)ccc2c1=O. The van der Waals surface area contributed by atoms with Crippen LogP contribution < -0.4 is 10.9 Å². The molecular formula is C26H26ClN3O3S. The fraction of sp³-hybridized carbons (Fsp3) is 0.269. The van der Waals surface area contributed by atoms with Gasteiger partial charge in [0, 0.05) is 25.3 Å². The Balaban J connectivity index is 1.50. The number of nitrogens with one attached hydrogen (secondary N) is 1. The number of benzene rings is 3. The van der Waals surface area contributed by atoms with Crippen molar-refractivity contribution in [3.05, 3.63) is 81.6 Å². The minimum Gasteiger partial charge on any atom is -0.385 e. The minimum absolute atomic E-state index is 0.130. The number of halogens is 1. The third kappa shape index (κ3) is 5.60. The Morgan fingerprint density at radius 3 is 2.74 bits per heavy atom. The summed E-state index contributed by atoms with van der Waals surface area (Å²) in [5.74, 6) is 0.00954. The molecule has 0 fully saturated rings. The van der Waals surface area contributed by atoms with Gasteiger partial charge in [0.2, 0.25) is 5.91 Å². The van der Waals surface area contributed by atoms with Crippen molar-refractivity contribution in [3.8, 4) is 0 Å². The van der Waals surface area contributed by atoms with E-state index in [0.717, 1.165) is 16.3 Å². The van der Waals surface area contributed by atoms with Crippen molar-refractivity contribution in [3.63, 3.8) is 0 Å². The maximum absolute atomic E-state index is 13.1. The van der Waals surface area contributed by atoms with Crippen molar-refractivity contribution in [2.45, 2.75) is 31.1 Å². The molecule has 34 heavy (non-hydrogen) atoms. The zero-order valence-electron chi connectivity index (χ0n) is 19.1. The van der Waals surface area contributed by atoms with Gasteiger partial charge in [-0.2, -0.15) is 0 Å². The number of hydrogen-bond donors (Lipinski definition) is 1. The first kappa shape index (κ1) is 24.3. The fourth-order valence-electron chi connectivity index (χ4n) is 3.82. The van der Waals surface area contributed by atoms with E-state index in [2.05, 4.69) is 34.6 Å². The smallest absolute Gasteiger partial charge is 0.262 e. The molecule has 1 aromatic heterocycles. The van der Waals surface area contributed by atoms with Crippen LogP contribution in [0.3, 0.4) is 0 Å². The van der Waals surface area contributed by atoms with Crippen molar-refractivity contribution in [2.24, 2.45) is 0 Å². The molecule has 0 bridgehead atoms. The molecule has 176 valence electrons. The molecule has 1 N–H and O–H groups in total. The van der Waals surface area contributed by atoms with Crippen LogP contribution in [0.2, 0.25) is 5.02 Å². The molecule has 6 nitrogen and oxygen atoms in total. The van der Waals surface area contributed by atoms with E-state index in [1.54, 1.807) is 29.9 Å². The second kappa shape index (κ2) is 11.0. The summed E-state index contributed by atoms with van der Waals surface area (Å²) in [4.78, 5) is 30.5. The largest absolute Gasteiger partial charge is 0.385 e. The lowest BCUT2D eigenvalue weighted by Crippen LogP contribution is -2.29. The van der Waals surface area contributed by atoms with Gasteiger partial charge < -0.3 is 10.1 Å². The Bertz CT molecular complexity index is 1390. The summed E-state index contributed by atoms with van der Waals surface area (Å²) in [5.41, 5.74) is 1.41. The van der Waals surface area contributed by atoms with Gasteiger partial charge in [-0.1, -0.05) is 59.8 Å². The van der Waals surface area contributed by atoms with Gasteiger partial charge in [0.15, 0.2) is 5.16 Å². The average molecular weight is 496 g/mol. The first-order valence-corrected chi connectivity index (χ1v) is 12.4. The van der Waals surface area contributed by atoms with E-state index in [1.807, 2.05) is 25.1 Å². The van der Waals surface area contributed by atoms with Crippen LogP contribution in [0.1, 0.15) is 24.9 Å². The van der Waals surface area contributed by atoms with E-state index in [4.69, 9.17) is 16.3 Å². The zero-order valence-corrected chi connectivity index (χ0v) is 20.7. The van der Waals surface area contributed by atoms with E-state index < -0.39 is 0 Å². The number of rotatable bonds is 9. The molecule has 0 saturated carbocycles. The third-order valence-electron chi connectivity index (χ3n) is 5.60. The number of fused-ring (bicyclic) bond motifs is 2. The van der Waals surface area contributed by atoms with Crippen molar-refractivity contribution in [1.29, 1.82) is 0 Å². The Morgan fingerprint density at radius 2 is 1.94 bits per heavy atom. The topological polar surface area (TPSA) is 73.2 Å². The minimum atomic E-state index is -0.148. The van der Waals surface area contributed by atoms with Gasteiger partial charge in [-0.25, -0.2) is 4.98 Å². The van der Waals surface area contributed by atoms with Crippen molar-refractivity contribution in [2.75, 3.05) is 19.5 Å². The molecule has 1 unspecified atom stereocenters. The predicted octanol–water partition coefficient (Wildman–Crippen LogP) is 5.21. The van der Waals surface area contributed by atoms with Crippen molar-refractivity contribution >= 4 is 50.9 Å². The molecule has 0 spiro atoms. The number of nitrogens with zero attached hydrogens (tertiary/aromatic N) is 2. The number of hydrogen-bond acceptors (Lipinski definition) is 5. The number of amides is 1. The summed E-state index contributed by atoms with van der Waals surface area (Å²) in [5, 5.41) is 6.84. The standard InChI is InChI=1S/C26H26ClN3O3S/c1-17(19-9-8-18-6-3-4-7-20(18)14-19)28-24(31)16-34-26-29-23-15-21(27)10-11-22(23)25(32)30(26)12-5-13-33-2/h3-4,6-11,14-15,17H,5,12-13,16H2,1-2H3,(H,28,31). The molecule has 0 aliphatic rings. The first-order valence-electron chi connectivity index (χ1n) is 11.1. The van der Waals surface area contributed by atoms with Crippen LogP contribution in [0.25, 0.3) is 21.7 Å². The summed E-state index contributed by atoms with van der Waals surface area (Å²) in [6.45, 7) is 2.94. The first-order chi connectivity index (χ1) is 16.5. The highest BCUT2D eigenvalue weighted by molar-refractivity contribution is 7.99. The summed E-state index contributed by atoms with van der Waals surface area (Å²) in [7, 11) is 1.63. The molecule has 3 aromatic carbocycles. The van der Waals surface area contributed by atoms with Gasteiger partial charge in [0.05, 0.1) is 22.7 Å². The molecule has 0 radical (unpaired) electrons. The van der Waals surface area contributed by atoms with Gasteiger partial charge >= 0.3 is 0 Å². The molecule has 4 aromatic rings. The predicted molar refractivity (Wildman–Crippen MR) is 139 cm³/mol. The van der Waals surface area contributed by atoms with Crippen LogP contribution in [0.15, 0.2) is 70.6 Å². The lowest BCUT2D eigenvalue weighted by atomic mass is 10.0. The van der Waals surface area contributed by atoms with E-state index in [0.29, 0.717) is 40.7 Å². The Morgan fingerprint density at radius 1 is 1.15 bits per heavy atom. The number of ether oxygens (including phenoxy) is 1. The van der Waals surface area contributed by atoms with Gasteiger partial charge in [0.1, 0.15) is 0 Å². The van der Waals surface area contributed by atoms with Crippen LogP contribution in [0, 0.1) is 0 Å². The van der Waals surface area contributed by atoms with Crippen LogP contribution in [-0.2, 0) is 16.1 Å². The summed E-state index contributed by atoms with van der Waals surface area (Å²) < 4.78 is 6.74. The fourth-order valence-corrected chi connectivity index (χ4v) is 4.82. The molecular weight excluding hydrogens is 470 g/mol. The van der Waals surface area contributed by atoms with E-state index >= 15 is 0 Å².